The van der Waals surface area contributed by atoms with E-state index in [0.29, 0.717) is 12.1 Å². The number of nitrogens with zero attached hydrogens (tertiary/aromatic N) is 2. The van der Waals surface area contributed by atoms with Gasteiger partial charge in [-0.05, 0) is 18.2 Å². The Morgan fingerprint density at radius 1 is 1.24 bits per heavy atom. The number of morpholine rings is 1. The first-order valence-electron chi connectivity index (χ1n) is 8.53. The van der Waals surface area contributed by atoms with Crippen molar-refractivity contribution in [2.75, 3.05) is 45.6 Å². The lowest BCUT2D eigenvalue weighted by atomic mass is 10.2. The van der Waals surface area contributed by atoms with Gasteiger partial charge in [-0.2, -0.15) is 0 Å². The molecule has 0 aliphatic carbocycles. The first-order valence-corrected chi connectivity index (χ1v) is 9.52. The van der Waals surface area contributed by atoms with E-state index in [0.717, 1.165) is 44.4 Å². The summed E-state index contributed by atoms with van der Waals surface area (Å²) in [6, 6.07) is 12.1. The maximum Gasteiger partial charge on any atom is 0.256 e. The average molecular weight is 360 g/mol. The highest BCUT2D eigenvalue weighted by molar-refractivity contribution is 7.99. The van der Waals surface area contributed by atoms with E-state index in [1.165, 1.54) is 4.90 Å². The second-order valence-corrected chi connectivity index (χ2v) is 7.25. The van der Waals surface area contributed by atoms with Crippen molar-refractivity contribution in [3.8, 4) is 0 Å². The van der Waals surface area contributed by atoms with Crippen molar-refractivity contribution in [1.29, 1.82) is 0 Å². The van der Waals surface area contributed by atoms with Gasteiger partial charge in [0.2, 0.25) is 0 Å². The lowest BCUT2D eigenvalue weighted by Gasteiger charge is -2.25. The van der Waals surface area contributed by atoms with Crippen molar-refractivity contribution in [2.45, 2.75) is 11.4 Å². The predicted molar refractivity (Wildman–Crippen MR) is 98.9 cm³/mol. The number of carbonyl (C=O) groups excluding carboxylic acids is 1. The minimum atomic E-state index is 0.00522. The Kier molecular flexibility index (Phi) is 6.55. The van der Waals surface area contributed by atoms with Crippen LogP contribution >= 0.6 is 11.8 Å². The maximum atomic E-state index is 12.5. The Bertz CT molecular complexity index is 668. The van der Waals surface area contributed by atoms with Crippen LogP contribution in [0.2, 0.25) is 0 Å². The van der Waals surface area contributed by atoms with Crippen LogP contribution in [0.5, 0.6) is 0 Å². The first-order chi connectivity index (χ1) is 12.2. The van der Waals surface area contributed by atoms with Crippen LogP contribution in [0.25, 0.3) is 0 Å². The number of hydrogen-bond acceptors (Lipinski definition) is 5. The first kappa shape index (κ1) is 18.0. The van der Waals surface area contributed by atoms with E-state index in [-0.39, 0.29) is 5.91 Å². The van der Waals surface area contributed by atoms with Crippen molar-refractivity contribution >= 4 is 17.7 Å². The summed E-state index contributed by atoms with van der Waals surface area (Å²) in [4.78, 5) is 17.8. The van der Waals surface area contributed by atoms with Crippen LogP contribution in [0.4, 0.5) is 0 Å². The van der Waals surface area contributed by atoms with Gasteiger partial charge in [0.15, 0.2) is 0 Å². The summed E-state index contributed by atoms with van der Waals surface area (Å²) >= 11 is 1.75. The fourth-order valence-electron chi connectivity index (χ4n) is 2.69. The van der Waals surface area contributed by atoms with Gasteiger partial charge < -0.3 is 14.1 Å². The van der Waals surface area contributed by atoms with Crippen molar-refractivity contribution in [3.05, 3.63) is 54.0 Å². The fourth-order valence-corrected chi connectivity index (χ4v) is 3.64. The number of amides is 1. The van der Waals surface area contributed by atoms with Crippen LogP contribution in [0, 0.1) is 0 Å². The zero-order valence-corrected chi connectivity index (χ0v) is 15.3. The van der Waals surface area contributed by atoms with E-state index < -0.39 is 0 Å². The van der Waals surface area contributed by atoms with Gasteiger partial charge in [-0.15, -0.1) is 11.8 Å². The van der Waals surface area contributed by atoms with Gasteiger partial charge in [0.05, 0.1) is 25.3 Å². The molecular weight excluding hydrogens is 336 g/mol. The number of rotatable bonds is 7. The maximum absolute atomic E-state index is 12.5. The quantitative estimate of drug-likeness (QED) is 0.711. The largest absolute Gasteiger partial charge is 0.467 e. The minimum Gasteiger partial charge on any atom is -0.467 e. The molecule has 1 aliphatic heterocycles. The van der Waals surface area contributed by atoms with Gasteiger partial charge in [-0.1, -0.05) is 18.2 Å². The van der Waals surface area contributed by atoms with E-state index in [2.05, 4.69) is 17.0 Å². The Labute approximate surface area is 152 Å². The smallest absolute Gasteiger partial charge is 0.256 e. The third kappa shape index (κ3) is 5.36. The Morgan fingerprint density at radius 2 is 2.00 bits per heavy atom. The molecule has 3 rings (SSSR count). The highest BCUT2D eigenvalue weighted by Crippen LogP contribution is 2.18. The fraction of sp³-hybridized carbons (Fsp3) is 0.421. The lowest BCUT2D eigenvalue weighted by Crippen LogP contribution is -2.35. The van der Waals surface area contributed by atoms with Crippen LogP contribution in [-0.4, -0.2) is 61.4 Å². The van der Waals surface area contributed by atoms with Gasteiger partial charge in [0.1, 0.15) is 12.0 Å². The van der Waals surface area contributed by atoms with Crippen LogP contribution in [0.3, 0.4) is 0 Å². The van der Waals surface area contributed by atoms with Gasteiger partial charge in [-0.3, -0.25) is 9.69 Å². The molecule has 0 unspecified atom stereocenters. The normalized spacial score (nSPS) is 15.2. The van der Waals surface area contributed by atoms with E-state index in [9.17, 15) is 4.79 Å². The molecule has 1 amide bonds. The second kappa shape index (κ2) is 9.08. The molecule has 0 atom stereocenters. The van der Waals surface area contributed by atoms with E-state index in [1.54, 1.807) is 22.9 Å². The van der Waals surface area contributed by atoms with Gasteiger partial charge in [0, 0.05) is 37.3 Å². The van der Waals surface area contributed by atoms with Crippen molar-refractivity contribution in [2.24, 2.45) is 0 Å². The van der Waals surface area contributed by atoms with Crippen LogP contribution < -0.4 is 0 Å². The van der Waals surface area contributed by atoms with Crippen molar-refractivity contribution in [3.63, 3.8) is 0 Å². The van der Waals surface area contributed by atoms with Crippen LogP contribution in [0.15, 0.2) is 52.0 Å². The van der Waals surface area contributed by atoms with E-state index in [1.807, 2.05) is 31.3 Å². The summed E-state index contributed by atoms with van der Waals surface area (Å²) in [6.45, 7) is 4.75. The van der Waals surface area contributed by atoms with Gasteiger partial charge in [0.25, 0.3) is 5.91 Å². The molecule has 0 spiro atoms. The molecule has 25 heavy (non-hydrogen) atoms. The van der Waals surface area contributed by atoms with Crippen LogP contribution in [0.1, 0.15) is 16.1 Å². The molecule has 0 saturated carbocycles. The molecule has 1 aliphatic rings. The van der Waals surface area contributed by atoms with Gasteiger partial charge >= 0.3 is 0 Å². The molecule has 6 heteroatoms. The molecule has 2 aromatic rings. The topological polar surface area (TPSA) is 45.9 Å². The van der Waals surface area contributed by atoms with E-state index in [4.69, 9.17) is 9.15 Å². The number of thioether (sulfide) groups is 1. The molecule has 1 aromatic heterocycles. The van der Waals surface area contributed by atoms with Gasteiger partial charge in [-0.25, -0.2) is 0 Å². The molecule has 1 aromatic carbocycles. The second-order valence-electron chi connectivity index (χ2n) is 6.08. The standard InChI is InChI=1S/C19H24N2O3S/c1-20(9-12-25-18-5-3-2-4-6-18)19(22)16-13-17(24-15-16)14-21-7-10-23-11-8-21/h2-6,13,15H,7-12,14H2,1H3. The number of furan rings is 1. The molecular formula is C19H24N2O3S. The highest BCUT2D eigenvalue weighted by Gasteiger charge is 2.17. The summed E-state index contributed by atoms with van der Waals surface area (Å²) < 4.78 is 10.9. The van der Waals surface area contributed by atoms with E-state index >= 15 is 0 Å². The molecule has 0 radical (unpaired) electrons. The zero-order chi connectivity index (χ0) is 17.5. The molecule has 134 valence electrons. The summed E-state index contributed by atoms with van der Waals surface area (Å²) in [5.41, 5.74) is 0.621. The summed E-state index contributed by atoms with van der Waals surface area (Å²) in [5, 5.41) is 0. The Balaban J connectivity index is 1.46. The minimum absolute atomic E-state index is 0.00522. The lowest BCUT2D eigenvalue weighted by molar-refractivity contribution is 0.0313. The van der Waals surface area contributed by atoms with Crippen molar-refractivity contribution in [1.82, 2.24) is 9.80 Å². The monoisotopic (exact) mass is 360 g/mol. The van der Waals surface area contributed by atoms with Crippen LogP contribution in [-0.2, 0) is 11.3 Å². The highest BCUT2D eigenvalue weighted by atomic mass is 32.2. The third-order valence-corrected chi connectivity index (χ3v) is 5.16. The summed E-state index contributed by atoms with van der Waals surface area (Å²) in [6.07, 6.45) is 1.57. The Hall–Kier alpha value is -1.76. The molecule has 5 nitrogen and oxygen atoms in total. The number of hydrogen-bond donors (Lipinski definition) is 0. The molecule has 1 fully saturated rings. The molecule has 1 saturated heterocycles. The molecule has 0 N–H and O–H groups in total. The molecule has 2 heterocycles. The third-order valence-electron chi connectivity index (χ3n) is 4.17. The predicted octanol–water partition coefficient (Wildman–Crippen LogP) is 2.98. The Morgan fingerprint density at radius 3 is 2.76 bits per heavy atom. The molecule has 0 bridgehead atoms. The average Bonchev–Trinajstić information content (AvgIpc) is 3.11. The summed E-state index contributed by atoms with van der Waals surface area (Å²) in [7, 11) is 1.84. The summed E-state index contributed by atoms with van der Waals surface area (Å²) in [5.74, 6) is 1.70. The number of ether oxygens (including phenoxy) is 1. The van der Waals surface area contributed by atoms with Crippen molar-refractivity contribution < 1.29 is 13.9 Å². The SMILES string of the molecule is CN(CCSc1ccccc1)C(=O)c1coc(CN2CCOCC2)c1. The zero-order valence-electron chi connectivity index (χ0n) is 14.5. The number of benzene rings is 1. The number of carbonyl (C=O) groups is 1.